The van der Waals surface area contributed by atoms with E-state index in [1.807, 2.05) is 12.1 Å². The molecule has 0 spiro atoms. The molecule has 0 heterocycles. The zero-order chi connectivity index (χ0) is 18.8. The molecule has 148 valence electrons. The summed E-state index contributed by atoms with van der Waals surface area (Å²) in [6.07, 6.45) is 0.822. The highest BCUT2D eigenvalue weighted by Gasteiger charge is 2.01. The summed E-state index contributed by atoms with van der Waals surface area (Å²) in [6.45, 7) is 5.16. The molecule has 0 aliphatic carbocycles. The molecule has 2 aromatic rings. The van der Waals surface area contributed by atoms with Gasteiger partial charge in [-0.3, -0.25) is 0 Å². The van der Waals surface area contributed by atoms with E-state index in [9.17, 15) is 4.39 Å². The highest BCUT2D eigenvalue weighted by atomic mass is 127. The second kappa shape index (κ2) is 12.7. The fraction of sp³-hybridized carbons (Fsp3) is 0.381. The Labute approximate surface area is 179 Å². The van der Waals surface area contributed by atoms with Crippen LogP contribution in [0.1, 0.15) is 23.6 Å². The normalized spacial score (nSPS) is 11.2. The van der Waals surface area contributed by atoms with Crippen molar-refractivity contribution in [2.45, 2.75) is 26.4 Å². The number of aliphatic imine (C=N–C) groups is 1. The average Bonchev–Trinajstić information content (AvgIpc) is 2.61. The van der Waals surface area contributed by atoms with Crippen LogP contribution in [0, 0.1) is 5.82 Å². The third kappa shape index (κ3) is 9.19. The maximum absolute atomic E-state index is 12.9. The van der Waals surface area contributed by atoms with Gasteiger partial charge >= 0.3 is 0 Å². The van der Waals surface area contributed by atoms with E-state index < -0.39 is 0 Å². The van der Waals surface area contributed by atoms with Crippen LogP contribution in [-0.2, 0) is 19.5 Å². The lowest BCUT2D eigenvalue weighted by Gasteiger charge is -2.12. The lowest BCUT2D eigenvalue weighted by atomic mass is 10.1. The predicted octanol–water partition coefficient (Wildman–Crippen LogP) is 3.80. The van der Waals surface area contributed by atoms with Gasteiger partial charge in [-0.2, -0.15) is 0 Å². The molecule has 2 aromatic carbocycles. The summed E-state index contributed by atoms with van der Waals surface area (Å²) in [7, 11) is 4.14. The van der Waals surface area contributed by atoms with Crippen molar-refractivity contribution in [1.82, 2.24) is 15.5 Å². The fourth-order valence-corrected chi connectivity index (χ4v) is 2.68. The van der Waals surface area contributed by atoms with Gasteiger partial charge in [-0.15, -0.1) is 24.0 Å². The van der Waals surface area contributed by atoms with Crippen LogP contribution in [0.2, 0.25) is 0 Å². The van der Waals surface area contributed by atoms with E-state index in [1.165, 1.54) is 23.3 Å². The second-order valence-corrected chi connectivity index (χ2v) is 6.56. The van der Waals surface area contributed by atoms with E-state index in [0.717, 1.165) is 37.6 Å². The Morgan fingerprint density at radius 1 is 1.00 bits per heavy atom. The van der Waals surface area contributed by atoms with E-state index in [4.69, 9.17) is 0 Å². The van der Waals surface area contributed by atoms with Crippen LogP contribution in [0.4, 0.5) is 4.39 Å². The zero-order valence-corrected chi connectivity index (χ0v) is 18.7. The topological polar surface area (TPSA) is 39.7 Å². The van der Waals surface area contributed by atoms with Crippen LogP contribution < -0.4 is 10.6 Å². The van der Waals surface area contributed by atoms with Crippen molar-refractivity contribution < 1.29 is 4.39 Å². The maximum Gasteiger partial charge on any atom is 0.191 e. The molecule has 0 radical (unpaired) electrons. The Bertz CT molecular complexity index is 702. The molecule has 0 bridgehead atoms. The van der Waals surface area contributed by atoms with Crippen LogP contribution in [0.3, 0.4) is 0 Å². The summed E-state index contributed by atoms with van der Waals surface area (Å²) in [5.74, 6) is 0.598. The third-order valence-corrected chi connectivity index (χ3v) is 3.87. The molecule has 0 saturated heterocycles. The summed E-state index contributed by atoms with van der Waals surface area (Å²) in [5.41, 5.74) is 3.59. The number of hydrogen-bond acceptors (Lipinski definition) is 2. The number of benzene rings is 2. The first-order chi connectivity index (χ1) is 12.6. The Balaban J connectivity index is 0.00000364. The Morgan fingerprint density at radius 3 is 2.37 bits per heavy atom. The first-order valence-corrected chi connectivity index (χ1v) is 9.06. The number of nitrogens with one attached hydrogen (secondary N) is 2. The summed E-state index contributed by atoms with van der Waals surface area (Å²) in [6, 6.07) is 15.1. The molecule has 0 saturated carbocycles. The van der Waals surface area contributed by atoms with Crippen LogP contribution in [0.15, 0.2) is 53.5 Å². The van der Waals surface area contributed by atoms with Gasteiger partial charge in [0.25, 0.3) is 0 Å². The Hall–Kier alpha value is -1.67. The second-order valence-electron chi connectivity index (χ2n) is 6.56. The van der Waals surface area contributed by atoms with E-state index in [-0.39, 0.29) is 29.8 Å². The monoisotopic (exact) mass is 484 g/mol. The van der Waals surface area contributed by atoms with Gasteiger partial charge in [0.15, 0.2) is 5.96 Å². The lowest BCUT2D eigenvalue weighted by Crippen LogP contribution is -2.38. The number of rotatable bonds is 8. The fourth-order valence-electron chi connectivity index (χ4n) is 2.68. The number of guanidine groups is 1. The van der Waals surface area contributed by atoms with Crippen molar-refractivity contribution in [3.8, 4) is 0 Å². The quantitative estimate of drug-likeness (QED) is 0.340. The first-order valence-electron chi connectivity index (χ1n) is 9.06. The maximum atomic E-state index is 12.9. The molecule has 6 heteroatoms. The van der Waals surface area contributed by atoms with Gasteiger partial charge < -0.3 is 15.5 Å². The summed E-state index contributed by atoms with van der Waals surface area (Å²) < 4.78 is 12.9. The largest absolute Gasteiger partial charge is 0.357 e. The number of hydrogen-bond donors (Lipinski definition) is 2. The van der Waals surface area contributed by atoms with E-state index in [0.29, 0.717) is 6.54 Å². The SMILES string of the molecule is CCNC(=NCc1cccc(CN(C)C)c1)NCCc1ccc(F)cc1.I. The van der Waals surface area contributed by atoms with Crippen LogP contribution in [0.25, 0.3) is 0 Å². The minimum atomic E-state index is -0.201. The van der Waals surface area contributed by atoms with Gasteiger partial charge in [0.2, 0.25) is 0 Å². The first kappa shape index (κ1) is 23.4. The third-order valence-electron chi connectivity index (χ3n) is 3.87. The molecule has 27 heavy (non-hydrogen) atoms. The minimum absolute atomic E-state index is 0. The van der Waals surface area contributed by atoms with E-state index in [2.05, 4.69) is 65.8 Å². The summed E-state index contributed by atoms with van der Waals surface area (Å²) in [5, 5.41) is 6.60. The molecular formula is C21H30FIN4. The van der Waals surface area contributed by atoms with Crippen LogP contribution in [0.5, 0.6) is 0 Å². The van der Waals surface area contributed by atoms with Gasteiger partial charge in [-0.1, -0.05) is 36.4 Å². The van der Waals surface area contributed by atoms with Crippen LogP contribution >= 0.6 is 24.0 Å². The molecule has 0 atom stereocenters. The molecule has 0 unspecified atom stereocenters. The van der Waals surface area contributed by atoms with Crippen molar-refractivity contribution in [2.75, 3.05) is 27.2 Å². The molecule has 4 nitrogen and oxygen atoms in total. The van der Waals surface area contributed by atoms with Crippen molar-refractivity contribution >= 4 is 29.9 Å². The van der Waals surface area contributed by atoms with Gasteiger partial charge in [-0.05, 0) is 56.3 Å². The summed E-state index contributed by atoms with van der Waals surface area (Å²) in [4.78, 5) is 6.83. The van der Waals surface area contributed by atoms with E-state index >= 15 is 0 Å². The van der Waals surface area contributed by atoms with Crippen molar-refractivity contribution in [2.24, 2.45) is 4.99 Å². The Morgan fingerprint density at radius 2 is 1.70 bits per heavy atom. The standard InChI is InChI=1S/C21H29FN4.HI/c1-4-23-21(24-13-12-17-8-10-20(22)11-9-17)25-15-18-6-5-7-19(14-18)16-26(2)3;/h5-11,14H,4,12-13,15-16H2,1-3H3,(H2,23,24,25);1H. The highest BCUT2D eigenvalue weighted by molar-refractivity contribution is 14.0. The van der Waals surface area contributed by atoms with Gasteiger partial charge in [0, 0.05) is 19.6 Å². The molecule has 0 fully saturated rings. The number of halogens is 2. The predicted molar refractivity (Wildman–Crippen MR) is 122 cm³/mol. The smallest absolute Gasteiger partial charge is 0.191 e. The van der Waals surface area contributed by atoms with Crippen LogP contribution in [-0.4, -0.2) is 38.0 Å². The van der Waals surface area contributed by atoms with E-state index in [1.54, 1.807) is 0 Å². The number of nitrogens with zero attached hydrogens (tertiary/aromatic N) is 2. The summed E-state index contributed by atoms with van der Waals surface area (Å²) >= 11 is 0. The molecule has 0 aliphatic rings. The van der Waals surface area contributed by atoms with Crippen molar-refractivity contribution in [1.29, 1.82) is 0 Å². The molecule has 0 amide bonds. The Kier molecular flexibility index (Phi) is 11.0. The molecular weight excluding hydrogens is 454 g/mol. The molecule has 0 aliphatic heterocycles. The van der Waals surface area contributed by atoms with Crippen molar-refractivity contribution in [3.05, 3.63) is 71.0 Å². The zero-order valence-electron chi connectivity index (χ0n) is 16.3. The molecule has 2 N–H and O–H groups in total. The average molecular weight is 484 g/mol. The van der Waals surface area contributed by atoms with Gasteiger partial charge in [0.1, 0.15) is 5.82 Å². The van der Waals surface area contributed by atoms with Crippen molar-refractivity contribution in [3.63, 3.8) is 0 Å². The van der Waals surface area contributed by atoms with Gasteiger partial charge in [0.05, 0.1) is 6.54 Å². The minimum Gasteiger partial charge on any atom is -0.357 e. The molecule has 0 aromatic heterocycles. The highest BCUT2D eigenvalue weighted by Crippen LogP contribution is 2.08. The van der Waals surface area contributed by atoms with Gasteiger partial charge in [-0.25, -0.2) is 9.38 Å². The lowest BCUT2D eigenvalue weighted by molar-refractivity contribution is 0.402. The molecule has 2 rings (SSSR count).